The Bertz CT molecular complexity index is 691. The maximum atomic E-state index is 11.8. The summed E-state index contributed by atoms with van der Waals surface area (Å²) in [6.45, 7) is 0. The van der Waals surface area contributed by atoms with Gasteiger partial charge in [0.2, 0.25) is 0 Å². The zero-order chi connectivity index (χ0) is 15.6. The largest absolute Gasteiger partial charge is 0.465 e. The number of ether oxygens (including phenoxy) is 1. The number of carbonyl (C=O) groups is 2. The van der Waals surface area contributed by atoms with Crippen LogP contribution >= 0.6 is 0 Å². The second-order valence-electron chi connectivity index (χ2n) is 4.58. The Morgan fingerprint density at radius 1 is 1.29 bits per heavy atom. The quantitative estimate of drug-likeness (QED) is 0.670. The van der Waals surface area contributed by atoms with E-state index in [2.05, 4.69) is 9.84 Å². The van der Waals surface area contributed by atoms with Crippen molar-refractivity contribution in [3.63, 3.8) is 0 Å². The van der Waals surface area contributed by atoms with Crippen molar-refractivity contribution in [3.8, 4) is 5.69 Å². The molecular weight excluding hydrogens is 272 g/mol. The fourth-order valence-corrected chi connectivity index (χ4v) is 1.84. The minimum Gasteiger partial charge on any atom is -0.465 e. The molecule has 2 aromatic rings. The minimum atomic E-state index is -0.522. The first-order valence-electron chi connectivity index (χ1n) is 6.20. The molecule has 0 saturated heterocycles. The Morgan fingerprint density at radius 2 is 2.00 bits per heavy atom. The third-order valence-electron chi connectivity index (χ3n) is 2.95. The van der Waals surface area contributed by atoms with Gasteiger partial charge in [0, 0.05) is 20.3 Å². The molecule has 0 bridgehead atoms. The summed E-state index contributed by atoms with van der Waals surface area (Å²) in [4.78, 5) is 24.9. The molecule has 0 atom stereocenters. The summed E-state index contributed by atoms with van der Waals surface area (Å²) >= 11 is 0. The van der Waals surface area contributed by atoms with Crippen molar-refractivity contribution in [1.82, 2.24) is 14.7 Å². The monoisotopic (exact) mass is 288 g/mol. The maximum absolute atomic E-state index is 11.8. The highest BCUT2D eigenvalue weighted by Gasteiger charge is 2.16. The predicted octanol–water partition coefficient (Wildman–Crippen LogP) is 0.943. The lowest BCUT2D eigenvalue weighted by atomic mass is 10.1. The van der Waals surface area contributed by atoms with E-state index in [1.807, 2.05) is 0 Å². The van der Waals surface area contributed by atoms with Gasteiger partial charge in [-0.2, -0.15) is 5.10 Å². The van der Waals surface area contributed by atoms with Gasteiger partial charge in [0.25, 0.3) is 5.91 Å². The van der Waals surface area contributed by atoms with Crippen molar-refractivity contribution in [2.45, 2.75) is 0 Å². The van der Waals surface area contributed by atoms with Crippen LogP contribution in [0.15, 0.2) is 30.5 Å². The molecular formula is C14H16N4O3. The SMILES string of the molecule is COC(=O)c1cccc(-n2ccc(C(=O)N(C)C)n2)c1N. The molecule has 0 unspecified atom stereocenters. The summed E-state index contributed by atoms with van der Waals surface area (Å²) in [5.41, 5.74) is 7.29. The molecule has 1 amide bonds. The predicted molar refractivity (Wildman–Crippen MR) is 77.3 cm³/mol. The van der Waals surface area contributed by atoms with Crippen molar-refractivity contribution in [3.05, 3.63) is 41.7 Å². The van der Waals surface area contributed by atoms with Crippen LogP contribution in [0.4, 0.5) is 5.69 Å². The number of rotatable bonds is 3. The average molecular weight is 288 g/mol. The highest BCUT2D eigenvalue weighted by molar-refractivity contribution is 5.97. The molecule has 2 rings (SSSR count). The Balaban J connectivity index is 2.44. The van der Waals surface area contributed by atoms with Gasteiger partial charge < -0.3 is 15.4 Å². The van der Waals surface area contributed by atoms with E-state index < -0.39 is 5.97 Å². The number of anilines is 1. The Kier molecular flexibility index (Phi) is 3.93. The number of nitrogens with zero attached hydrogens (tertiary/aromatic N) is 3. The molecule has 0 aliphatic carbocycles. The number of hydrogen-bond acceptors (Lipinski definition) is 5. The number of esters is 1. The number of nitrogens with two attached hydrogens (primary N) is 1. The van der Waals surface area contributed by atoms with Gasteiger partial charge >= 0.3 is 5.97 Å². The molecule has 7 heteroatoms. The summed E-state index contributed by atoms with van der Waals surface area (Å²) < 4.78 is 6.13. The summed E-state index contributed by atoms with van der Waals surface area (Å²) in [6, 6.07) is 6.54. The van der Waals surface area contributed by atoms with E-state index in [4.69, 9.17) is 5.73 Å². The van der Waals surface area contributed by atoms with Crippen LogP contribution in [0.3, 0.4) is 0 Å². The van der Waals surface area contributed by atoms with E-state index in [0.717, 1.165) is 0 Å². The van der Waals surface area contributed by atoms with Crippen LogP contribution < -0.4 is 5.73 Å². The molecule has 7 nitrogen and oxygen atoms in total. The maximum Gasteiger partial charge on any atom is 0.340 e. The lowest BCUT2D eigenvalue weighted by Gasteiger charge is -2.10. The van der Waals surface area contributed by atoms with Gasteiger partial charge in [-0.1, -0.05) is 6.07 Å². The minimum absolute atomic E-state index is 0.212. The third kappa shape index (κ3) is 2.71. The molecule has 2 N–H and O–H groups in total. The van der Waals surface area contributed by atoms with Crippen LogP contribution in [0.2, 0.25) is 0 Å². The highest BCUT2D eigenvalue weighted by Crippen LogP contribution is 2.22. The summed E-state index contributed by atoms with van der Waals surface area (Å²) in [5, 5.41) is 4.18. The van der Waals surface area contributed by atoms with Crippen LogP contribution in [-0.4, -0.2) is 47.8 Å². The van der Waals surface area contributed by atoms with Gasteiger partial charge in [0.05, 0.1) is 24.0 Å². The first kappa shape index (κ1) is 14.6. The number of hydrogen-bond donors (Lipinski definition) is 1. The normalized spacial score (nSPS) is 10.2. The number of amides is 1. The summed E-state index contributed by atoms with van der Waals surface area (Å²) in [7, 11) is 4.58. The van der Waals surface area contributed by atoms with Gasteiger partial charge in [0.15, 0.2) is 5.69 Å². The van der Waals surface area contributed by atoms with E-state index in [-0.39, 0.29) is 17.2 Å². The smallest absolute Gasteiger partial charge is 0.340 e. The second-order valence-corrected chi connectivity index (χ2v) is 4.58. The number of aromatic nitrogens is 2. The molecule has 0 radical (unpaired) electrons. The van der Waals surface area contributed by atoms with Crippen molar-refractivity contribution >= 4 is 17.6 Å². The van der Waals surface area contributed by atoms with Gasteiger partial charge in [-0.3, -0.25) is 4.79 Å². The van der Waals surface area contributed by atoms with Gasteiger partial charge in [0.1, 0.15) is 0 Å². The van der Waals surface area contributed by atoms with Crippen LogP contribution in [-0.2, 0) is 4.74 Å². The van der Waals surface area contributed by atoms with Crippen molar-refractivity contribution in [1.29, 1.82) is 0 Å². The van der Waals surface area contributed by atoms with Gasteiger partial charge in [-0.15, -0.1) is 0 Å². The molecule has 1 aromatic heterocycles. The molecule has 0 aliphatic heterocycles. The molecule has 0 saturated carbocycles. The number of carbonyl (C=O) groups excluding carboxylic acids is 2. The number of benzene rings is 1. The third-order valence-corrected chi connectivity index (χ3v) is 2.95. The van der Waals surface area contributed by atoms with Crippen LogP contribution in [0.25, 0.3) is 5.69 Å². The zero-order valence-electron chi connectivity index (χ0n) is 12.0. The van der Waals surface area contributed by atoms with Gasteiger partial charge in [-0.25, -0.2) is 9.48 Å². The Morgan fingerprint density at radius 3 is 2.62 bits per heavy atom. The number of nitrogen functional groups attached to an aromatic ring is 1. The molecule has 21 heavy (non-hydrogen) atoms. The van der Waals surface area contributed by atoms with Crippen LogP contribution in [0.1, 0.15) is 20.8 Å². The molecule has 0 fully saturated rings. The van der Waals surface area contributed by atoms with Crippen LogP contribution in [0, 0.1) is 0 Å². The number of methoxy groups -OCH3 is 1. The summed E-state index contributed by atoms with van der Waals surface area (Å²) in [6.07, 6.45) is 1.61. The highest BCUT2D eigenvalue weighted by atomic mass is 16.5. The lowest BCUT2D eigenvalue weighted by Crippen LogP contribution is -2.22. The molecule has 110 valence electrons. The fourth-order valence-electron chi connectivity index (χ4n) is 1.84. The van der Waals surface area contributed by atoms with E-state index in [9.17, 15) is 9.59 Å². The van der Waals surface area contributed by atoms with Crippen molar-refractivity contribution in [2.75, 3.05) is 26.9 Å². The first-order chi connectivity index (χ1) is 9.95. The first-order valence-corrected chi connectivity index (χ1v) is 6.20. The number of para-hydroxylation sites is 1. The van der Waals surface area contributed by atoms with Crippen molar-refractivity contribution < 1.29 is 14.3 Å². The second kappa shape index (κ2) is 5.66. The fraction of sp³-hybridized carbons (Fsp3) is 0.214. The van der Waals surface area contributed by atoms with Crippen LogP contribution in [0.5, 0.6) is 0 Å². The van der Waals surface area contributed by atoms with E-state index in [1.54, 1.807) is 44.6 Å². The molecule has 0 aliphatic rings. The molecule has 1 aromatic carbocycles. The molecule has 0 spiro atoms. The van der Waals surface area contributed by atoms with E-state index >= 15 is 0 Å². The standard InChI is InChI=1S/C14H16N4O3/c1-17(2)13(19)10-7-8-18(16-10)11-6-4-5-9(12(11)15)14(20)21-3/h4-8H,15H2,1-3H3. The van der Waals surface area contributed by atoms with E-state index in [0.29, 0.717) is 11.4 Å². The molecule has 1 heterocycles. The zero-order valence-corrected chi connectivity index (χ0v) is 12.0. The Hall–Kier alpha value is -2.83. The lowest BCUT2D eigenvalue weighted by molar-refractivity contribution is 0.0601. The Labute approximate surface area is 121 Å². The summed E-state index contributed by atoms with van der Waals surface area (Å²) in [5.74, 6) is -0.734. The van der Waals surface area contributed by atoms with E-state index in [1.165, 1.54) is 16.7 Å². The topological polar surface area (TPSA) is 90.5 Å². The average Bonchev–Trinajstić information content (AvgIpc) is 2.95. The van der Waals surface area contributed by atoms with Gasteiger partial charge in [-0.05, 0) is 18.2 Å². The van der Waals surface area contributed by atoms with Crippen molar-refractivity contribution in [2.24, 2.45) is 0 Å².